The SMILES string of the molecule is CC(C)(C)C(N)C(=O)Nc1ccc2[nH]ccc2c1. The molecule has 0 aliphatic heterocycles. The largest absolute Gasteiger partial charge is 0.361 e. The molecule has 0 bridgehead atoms. The maximum atomic E-state index is 12.0. The number of carbonyl (C=O) groups excluding carboxylic acids is 1. The van der Waals surface area contributed by atoms with Gasteiger partial charge in [-0.1, -0.05) is 20.8 Å². The highest BCUT2D eigenvalue weighted by Gasteiger charge is 2.27. The Kier molecular flexibility index (Phi) is 3.13. The van der Waals surface area contributed by atoms with Crippen LogP contribution in [0.3, 0.4) is 0 Å². The van der Waals surface area contributed by atoms with E-state index in [1.54, 1.807) is 0 Å². The molecule has 96 valence electrons. The van der Waals surface area contributed by atoms with Crippen LogP contribution < -0.4 is 11.1 Å². The Morgan fingerprint density at radius 2 is 2.06 bits per heavy atom. The lowest BCUT2D eigenvalue weighted by atomic mass is 9.87. The summed E-state index contributed by atoms with van der Waals surface area (Å²) >= 11 is 0. The van der Waals surface area contributed by atoms with E-state index in [1.807, 2.05) is 51.2 Å². The van der Waals surface area contributed by atoms with E-state index < -0.39 is 6.04 Å². The minimum absolute atomic E-state index is 0.155. The van der Waals surface area contributed by atoms with E-state index in [9.17, 15) is 4.79 Å². The van der Waals surface area contributed by atoms with E-state index in [-0.39, 0.29) is 11.3 Å². The predicted molar refractivity (Wildman–Crippen MR) is 74.4 cm³/mol. The number of benzene rings is 1. The average molecular weight is 245 g/mol. The second-order valence-electron chi connectivity index (χ2n) is 5.61. The molecule has 1 aromatic heterocycles. The van der Waals surface area contributed by atoms with Crippen molar-refractivity contribution in [3.63, 3.8) is 0 Å². The van der Waals surface area contributed by atoms with E-state index in [0.717, 1.165) is 16.6 Å². The summed E-state index contributed by atoms with van der Waals surface area (Å²) in [6.45, 7) is 5.85. The number of rotatable bonds is 2. The third-order valence-corrected chi connectivity index (χ3v) is 3.04. The van der Waals surface area contributed by atoms with E-state index in [1.165, 1.54) is 0 Å². The third-order valence-electron chi connectivity index (χ3n) is 3.04. The van der Waals surface area contributed by atoms with Crippen LogP contribution in [0, 0.1) is 5.41 Å². The van der Waals surface area contributed by atoms with Crippen LogP contribution in [0.4, 0.5) is 5.69 Å². The van der Waals surface area contributed by atoms with Gasteiger partial charge < -0.3 is 16.0 Å². The number of carbonyl (C=O) groups is 1. The molecular formula is C14H19N3O. The van der Waals surface area contributed by atoms with Gasteiger partial charge in [0.25, 0.3) is 0 Å². The molecule has 1 aromatic carbocycles. The van der Waals surface area contributed by atoms with Gasteiger partial charge in [0.15, 0.2) is 0 Å². The first-order valence-electron chi connectivity index (χ1n) is 6.01. The van der Waals surface area contributed by atoms with Crippen molar-refractivity contribution in [2.45, 2.75) is 26.8 Å². The smallest absolute Gasteiger partial charge is 0.241 e. The van der Waals surface area contributed by atoms with Gasteiger partial charge in [-0.2, -0.15) is 0 Å². The molecule has 0 aliphatic rings. The highest BCUT2D eigenvalue weighted by atomic mass is 16.2. The van der Waals surface area contributed by atoms with Crippen LogP contribution in [-0.2, 0) is 4.79 Å². The van der Waals surface area contributed by atoms with E-state index in [0.29, 0.717) is 0 Å². The molecule has 1 atom stereocenters. The number of hydrogen-bond donors (Lipinski definition) is 3. The summed E-state index contributed by atoms with van der Waals surface area (Å²) in [4.78, 5) is 15.1. The fourth-order valence-electron chi connectivity index (χ4n) is 1.74. The number of aromatic amines is 1. The lowest BCUT2D eigenvalue weighted by Gasteiger charge is -2.25. The Labute approximate surface area is 107 Å². The zero-order valence-corrected chi connectivity index (χ0v) is 10.9. The van der Waals surface area contributed by atoms with Crippen LogP contribution in [-0.4, -0.2) is 16.9 Å². The van der Waals surface area contributed by atoms with Crippen molar-refractivity contribution < 1.29 is 4.79 Å². The van der Waals surface area contributed by atoms with E-state index in [4.69, 9.17) is 5.73 Å². The van der Waals surface area contributed by atoms with Crippen LogP contribution in [0.2, 0.25) is 0 Å². The van der Waals surface area contributed by atoms with Gasteiger partial charge in [-0.05, 0) is 29.7 Å². The first kappa shape index (κ1) is 12.6. The first-order chi connectivity index (χ1) is 8.38. The van der Waals surface area contributed by atoms with Gasteiger partial charge in [0.1, 0.15) is 0 Å². The van der Waals surface area contributed by atoms with Gasteiger partial charge in [-0.25, -0.2) is 0 Å². The summed E-state index contributed by atoms with van der Waals surface area (Å²) in [6, 6.07) is 7.17. The minimum Gasteiger partial charge on any atom is -0.361 e. The lowest BCUT2D eigenvalue weighted by Crippen LogP contribution is -2.45. The lowest BCUT2D eigenvalue weighted by molar-refractivity contribution is -0.119. The summed E-state index contributed by atoms with van der Waals surface area (Å²) in [7, 11) is 0. The van der Waals surface area contributed by atoms with E-state index in [2.05, 4.69) is 10.3 Å². The van der Waals surface area contributed by atoms with Crippen molar-refractivity contribution in [3.05, 3.63) is 30.5 Å². The topological polar surface area (TPSA) is 70.9 Å². The Balaban J connectivity index is 2.16. The molecule has 1 heterocycles. The van der Waals surface area contributed by atoms with Gasteiger partial charge in [-0.15, -0.1) is 0 Å². The predicted octanol–water partition coefficient (Wildman–Crippen LogP) is 2.48. The fourth-order valence-corrected chi connectivity index (χ4v) is 1.74. The Morgan fingerprint density at radius 3 is 2.72 bits per heavy atom. The summed E-state index contributed by atoms with van der Waals surface area (Å²) in [5, 5.41) is 3.92. The summed E-state index contributed by atoms with van der Waals surface area (Å²) in [5.41, 5.74) is 7.49. The Morgan fingerprint density at radius 1 is 1.33 bits per heavy atom. The number of fused-ring (bicyclic) bond motifs is 1. The number of H-pyrrole nitrogens is 1. The molecule has 18 heavy (non-hydrogen) atoms. The molecule has 4 heteroatoms. The Bertz CT molecular complexity index is 566. The normalized spacial score (nSPS) is 13.6. The molecule has 0 radical (unpaired) electrons. The van der Waals surface area contributed by atoms with Crippen molar-refractivity contribution in [2.24, 2.45) is 11.1 Å². The minimum atomic E-state index is -0.528. The number of nitrogens with one attached hydrogen (secondary N) is 2. The number of aromatic nitrogens is 1. The maximum absolute atomic E-state index is 12.0. The van der Waals surface area contributed by atoms with Gasteiger partial charge in [0.2, 0.25) is 5.91 Å². The van der Waals surface area contributed by atoms with Crippen molar-refractivity contribution in [2.75, 3.05) is 5.32 Å². The van der Waals surface area contributed by atoms with Crippen LogP contribution in [0.1, 0.15) is 20.8 Å². The Hall–Kier alpha value is -1.81. The van der Waals surface area contributed by atoms with Crippen molar-refractivity contribution >= 4 is 22.5 Å². The average Bonchev–Trinajstić information content (AvgIpc) is 2.73. The van der Waals surface area contributed by atoms with Crippen LogP contribution in [0.15, 0.2) is 30.5 Å². The number of hydrogen-bond acceptors (Lipinski definition) is 2. The standard InChI is InChI=1S/C14H19N3O/c1-14(2,3)12(15)13(18)17-10-4-5-11-9(8-10)6-7-16-11/h4-8,12,16H,15H2,1-3H3,(H,17,18). The second kappa shape index (κ2) is 4.46. The zero-order valence-electron chi connectivity index (χ0n) is 10.9. The summed E-state index contributed by atoms with van der Waals surface area (Å²) in [6.07, 6.45) is 1.87. The highest BCUT2D eigenvalue weighted by Crippen LogP contribution is 2.21. The summed E-state index contributed by atoms with van der Waals surface area (Å²) < 4.78 is 0. The van der Waals surface area contributed by atoms with E-state index >= 15 is 0 Å². The molecule has 1 amide bonds. The number of amides is 1. The number of nitrogens with two attached hydrogens (primary N) is 1. The molecule has 0 spiro atoms. The van der Waals surface area contributed by atoms with Crippen molar-refractivity contribution in [1.82, 2.24) is 4.98 Å². The molecule has 0 saturated heterocycles. The van der Waals surface area contributed by atoms with Crippen LogP contribution in [0.5, 0.6) is 0 Å². The fraction of sp³-hybridized carbons (Fsp3) is 0.357. The molecule has 1 unspecified atom stereocenters. The molecule has 0 saturated carbocycles. The molecule has 0 fully saturated rings. The molecular weight excluding hydrogens is 226 g/mol. The van der Waals surface area contributed by atoms with Crippen molar-refractivity contribution in [1.29, 1.82) is 0 Å². The van der Waals surface area contributed by atoms with Crippen molar-refractivity contribution in [3.8, 4) is 0 Å². The maximum Gasteiger partial charge on any atom is 0.241 e. The summed E-state index contributed by atoms with van der Waals surface area (Å²) in [5.74, 6) is -0.155. The molecule has 2 aromatic rings. The third kappa shape index (κ3) is 2.54. The van der Waals surface area contributed by atoms with Gasteiger partial charge >= 0.3 is 0 Å². The van der Waals surface area contributed by atoms with Gasteiger partial charge in [-0.3, -0.25) is 4.79 Å². The van der Waals surface area contributed by atoms with Crippen LogP contribution >= 0.6 is 0 Å². The first-order valence-corrected chi connectivity index (χ1v) is 6.01. The molecule has 2 rings (SSSR count). The molecule has 4 N–H and O–H groups in total. The van der Waals surface area contributed by atoms with Gasteiger partial charge in [0, 0.05) is 22.8 Å². The highest BCUT2D eigenvalue weighted by molar-refractivity contribution is 5.97. The van der Waals surface area contributed by atoms with Crippen LogP contribution in [0.25, 0.3) is 10.9 Å². The molecule has 0 aliphatic carbocycles. The number of anilines is 1. The second-order valence-corrected chi connectivity index (χ2v) is 5.61. The van der Waals surface area contributed by atoms with Gasteiger partial charge in [0.05, 0.1) is 6.04 Å². The zero-order chi connectivity index (χ0) is 13.3. The monoisotopic (exact) mass is 245 g/mol. The quantitative estimate of drug-likeness (QED) is 0.760. The molecule has 4 nitrogen and oxygen atoms in total.